The van der Waals surface area contributed by atoms with E-state index in [4.69, 9.17) is 9.84 Å². The Labute approximate surface area is 53.6 Å². The van der Waals surface area contributed by atoms with E-state index in [0.29, 0.717) is 12.7 Å². The van der Waals surface area contributed by atoms with Gasteiger partial charge in [0.25, 0.3) is 0 Å². The van der Waals surface area contributed by atoms with Crippen molar-refractivity contribution in [3.63, 3.8) is 0 Å². The molecular weight excluding hydrogens is 120 g/mol. The molecule has 3 atom stereocenters. The molecular formula is C6H10O3. The van der Waals surface area contributed by atoms with Crippen LogP contribution in [0.5, 0.6) is 0 Å². The number of aliphatic hydroxyl groups excluding tert-OH is 1. The molecule has 0 saturated carbocycles. The molecule has 9 heavy (non-hydrogen) atoms. The zero-order valence-corrected chi connectivity index (χ0v) is 5.28. The minimum Gasteiger partial charge on any atom is -0.390 e. The van der Waals surface area contributed by atoms with E-state index in [2.05, 4.69) is 0 Å². The Hall–Kier alpha value is -0.410. The number of rotatable bonds is 1. The highest BCUT2D eigenvalue weighted by Gasteiger charge is 2.30. The predicted octanol–water partition coefficient (Wildman–Crippen LogP) is -0.276. The van der Waals surface area contributed by atoms with Crippen LogP contribution in [0.4, 0.5) is 0 Å². The van der Waals surface area contributed by atoms with E-state index in [0.717, 1.165) is 0 Å². The second kappa shape index (κ2) is 2.45. The molecule has 1 aliphatic heterocycles. The van der Waals surface area contributed by atoms with Crippen LogP contribution < -0.4 is 0 Å². The molecule has 3 unspecified atom stereocenters. The highest BCUT2D eigenvalue weighted by molar-refractivity contribution is 5.57. The first-order valence-corrected chi connectivity index (χ1v) is 3.03. The summed E-state index contributed by atoms with van der Waals surface area (Å²) in [5, 5.41) is 9.00. The lowest BCUT2D eigenvalue weighted by atomic mass is 10.2. The van der Waals surface area contributed by atoms with E-state index in [1.54, 1.807) is 0 Å². The van der Waals surface area contributed by atoms with E-state index < -0.39 is 12.2 Å². The maximum atomic E-state index is 10.1. The molecule has 0 aromatic heterocycles. The van der Waals surface area contributed by atoms with Gasteiger partial charge in [0.1, 0.15) is 6.10 Å². The highest BCUT2D eigenvalue weighted by Crippen LogP contribution is 2.17. The second-order valence-corrected chi connectivity index (χ2v) is 2.35. The normalized spacial score (nSPS) is 43.1. The highest BCUT2D eigenvalue weighted by atomic mass is 16.5. The standard InChI is InChI=1S/C6H10O3/c1-4-2-5(8)6(3-7)9-4/h3-6,8H,2H2,1H3. The maximum Gasteiger partial charge on any atom is 0.151 e. The topological polar surface area (TPSA) is 46.5 Å². The average molecular weight is 130 g/mol. The summed E-state index contributed by atoms with van der Waals surface area (Å²) in [4.78, 5) is 10.1. The molecule has 3 heteroatoms. The molecule has 0 aromatic rings. The summed E-state index contributed by atoms with van der Waals surface area (Å²) in [5.74, 6) is 0. The van der Waals surface area contributed by atoms with Gasteiger partial charge in [0.2, 0.25) is 0 Å². The summed E-state index contributed by atoms with van der Waals surface area (Å²) in [7, 11) is 0. The lowest BCUT2D eigenvalue weighted by Crippen LogP contribution is -2.21. The van der Waals surface area contributed by atoms with Crippen molar-refractivity contribution < 1.29 is 14.6 Å². The third kappa shape index (κ3) is 1.28. The lowest BCUT2D eigenvalue weighted by Gasteiger charge is -2.03. The van der Waals surface area contributed by atoms with Crippen molar-refractivity contribution in [1.82, 2.24) is 0 Å². The van der Waals surface area contributed by atoms with Crippen molar-refractivity contribution in [3.8, 4) is 0 Å². The van der Waals surface area contributed by atoms with Crippen molar-refractivity contribution in [2.24, 2.45) is 0 Å². The molecule has 1 fully saturated rings. The summed E-state index contributed by atoms with van der Waals surface area (Å²) in [6.45, 7) is 1.84. The van der Waals surface area contributed by atoms with Crippen molar-refractivity contribution in [2.45, 2.75) is 31.7 Å². The van der Waals surface area contributed by atoms with E-state index >= 15 is 0 Å². The number of aliphatic hydroxyl groups is 1. The number of ether oxygens (including phenoxy) is 1. The van der Waals surface area contributed by atoms with Crippen LogP contribution in [0.2, 0.25) is 0 Å². The van der Waals surface area contributed by atoms with E-state index in [1.807, 2.05) is 6.92 Å². The smallest absolute Gasteiger partial charge is 0.151 e. The van der Waals surface area contributed by atoms with Gasteiger partial charge in [0.15, 0.2) is 6.29 Å². The van der Waals surface area contributed by atoms with Gasteiger partial charge in [0, 0.05) is 6.42 Å². The minimum atomic E-state index is -0.586. The Bertz CT molecular complexity index is 113. The molecule has 52 valence electrons. The van der Waals surface area contributed by atoms with Crippen LogP contribution >= 0.6 is 0 Å². The Morgan fingerprint density at radius 2 is 2.44 bits per heavy atom. The van der Waals surface area contributed by atoms with Gasteiger partial charge in [-0.2, -0.15) is 0 Å². The Morgan fingerprint density at radius 3 is 2.67 bits per heavy atom. The number of carbonyl (C=O) groups is 1. The van der Waals surface area contributed by atoms with Crippen LogP contribution in [0.25, 0.3) is 0 Å². The molecule has 0 bridgehead atoms. The molecule has 1 heterocycles. The Balaban J connectivity index is 2.47. The van der Waals surface area contributed by atoms with Crippen LogP contribution in [0.3, 0.4) is 0 Å². The zero-order valence-electron chi connectivity index (χ0n) is 5.28. The van der Waals surface area contributed by atoms with Gasteiger partial charge in [-0.3, -0.25) is 0 Å². The fourth-order valence-corrected chi connectivity index (χ4v) is 1.01. The van der Waals surface area contributed by atoms with Crippen molar-refractivity contribution >= 4 is 6.29 Å². The van der Waals surface area contributed by atoms with Crippen LogP contribution in [-0.4, -0.2) is 29.7 Å². The van der Waals surface area contributed by atoms with Gasteiger partial charge < -0.3 is 14.6 Å². The largest absolute Gasteiger partial charge is 0.390 e. The Kier molecular flexibility index (Phi) is 1.83. The third-order valence-electron chi connectivity index (χ3n) is 1.48. The lowest BCUT2D eigenvalue weighted by molar-refractivity contribution is -0.120. The summed E-state index contributed by atoms with van der Waals surface area (Å²) >= 11 is 0. The number of carbonyl (C=O) groups excluding carboxylic acids is 1. The molecule has 0 amide bonds. The van der Waals surface area contributed by atoms with Gasteiger partial charge >= 0.3 is 0 Å². The SMILES string of the molecule is CC1CC(O)C(C=O)O1. The van der Waals surface area contributed by atoms with Crippen LogP contribution in [0.15, 0.2) is 0 Å². The second-order valence-electron chi connectivity index (χ2n) is 2.35. The summed E-state index contributed by atoms with van der Waals surface area (Å²) in [5.41, 5.74) is 0. The number of hydrogen-bond acceptors (Lipinski definition) is 3. The molecule has 1 N–H and O–H groups in total. The molecule has 0 aliphatic carbocycles. The van der Waals surface area contributed by atoms with Crippen LogP contribution in [-0.2, 0) is 9.53 Å². The maximum absolute atomic E-state index is 10.1. The summed E-state index contributed by atoms with van der Waals surface area (Å²) in [6.07, 6.45) is 0.0742. The Morgan fingerprint density at radius 1 is 1.78 bits per heavy atom. The predicted molar refractivity (Wildman–Crippen MR) is 31.0 cm³/mol. The fourth-order valence-electron chi connectivity index (χ4n) is 1.01. The molecule has 0 aromatic carbocycles. The average Bonchev–Trinajstić information content (AvgIpc) is 2.10. The van der Waals surface area contributed by atoms with Crippen molar-refractivity contribution in [1.29, 1.82) is 0 Å². The van der Waals surface area contributed by atoms with Crippen LogP contribution in [0.1, 0.15) is 13.3 Å². The third-order valence-corrected chi connectivity index (χ3v) is 1.48. The number of aldehydes is 1. The molecule has 3 nitrogen and oxygen atoms in total. The molecule has 0 spiro atoms. The van der Waals surface area contributed by atoms with E-state index in [-0.39, 0.29) is 6.10 Å². The first-order valence-electron chi connectivity index (χ1n) is 3.03. The molecule has 0 radical (unpaired) electrons. The fraction of sp³-hybridized carbons (Fsp3) is 0.833. The quantitative estimate of drug-likeness (QED) is 0.497. The molecule has 1 aliphatic rings. The van der Waals surface area contributed by atoms with Gasteiger partial charge in [-0.25, -0.2) is 0 Å². The first kappa shape index (κ1) is 6.71. The monoisotopic (exact) mass is 130 g/mol. The summed E-state index contributed by atoms with van der Waals surface area (Å²) < 4.78 is 5.00. The van der Waals surface area contributed by atoms with Crippen molar-refractivity contribution in [3.05, 3.63) is 0 Å². The summed E-state index contributed by atoms with van der Waals surface area (Å²) in [6, 6.07) is 0. The van der Waals surface area contributed by atoms with E-state index in [9.17, 15) is 4.79 Å². The minimum absolute atomic E-state index is 0.0233. The van der Waals surface area contributed by atoms with E-state index in [1.165, 1.54) is 0 Å². The van der Waals surface area contributed by atoms with Gasteiger partial charge in [-0.15, -0.1) is 0 Å². The number of hydrogen-bond donors (Lipinski definition) is 1. The molecule has 1 rings (SSSR count). The van der Waals surface area contributed by atoms with Gasteiger partial charge in [-0.05, 0) is 6.92 Å². The zero-order chi connectivity index (χ0) is 6.85. The van der Waals surface area contributed by atoms with Crippen LogP contribution in [0, 0.1) is 0 Å². The van der Waals surface area contributed by atoms with Gasteiger partial charge in [0.05, 0.1) is 12.2 Å². The first-order chi connectivity index (χ1) is 4.24. The molecule has 1 saturated heterocycles. The van der Waals surface area contributed by atoms with Gasteiger partial charge in [-0.1, -0.05) is 0 Å². The van der Waals surface area contributed by atoms with Crippen molar-refractivity contribution in [2.75, 3.05) is 0 Å².